The van der Waals surface area contributed by atoms with Crippen LogP contribution in [0.15, 0.2) is 22.7 Å². The van der Waals surface area contributed by atoms with Crippen molar-refractivity contribution < 1.29 is 4.74 Å². The first-order chi connectivity index (χ1) is 10.2. The molecule has 2 fully saturated rings. The van der Waals surface area contributed by atoms with Crippen molar-refractivity contribution in [2.45, 2.75) is 45.1 Å². The third kappa shape index (κ3) is 3.29. The predicted octanol–water partition coefficient (Wildman–Crippen LogP) is 4.93. The van der Waals surface area contributed by atoms with Crippen molar-refractivity contribution in [3.05, 3.63) is 28.2 Å². The topological polar surface area (TPSA) is 21.3 Å². The molecule has 2 aliphatic rings. The van der Waals surface area contributed by atoms with E-state index in [9.17, 15) is 0 Å². The van der Waals surface area contributed by atoms with Crippen LogP contribution in [0.5, 0.6) is 5.75 Å². The van der Waals surface area contributed by atoms with Gasteiger partial charge in [-0.25, -0.2) is 0 Å². The summed E-state index contributed by atoms with van der Waals surface area (Å²) in [5, 5.41) is 3.69. The van der Waals surface area contributed by atoms with Gasteiger partial charge in [0.15, 0.2) is 0 Å². The molecule has 0 aliphatic heterocycles. The number of hydrogen-bond donors (Lipinski definition) is 1. The highest BCUT2D eigenvalue weighted by Gasteiger charge is 2.40. The Bertz CT molecular complexity index is 490. The molecule has 0 radical (unpaired) electrons. The van der Waals surface area contributed by atoms with E-state index in [4.69, 9.17) is 4.74 Å². The number of methoxy groups -OCH3 is 1. The number of benzene rings is 1. The van der Waals surface area contributed by atoms with Gasteiger partial charge in [0.1, 0.15) is 5.75 Å². The molecule has 0 aromatic heterocycles. The second-order valence-corrected chi connectivity index (χ2v) is 7.52. The third-order valence-corrected chi connectivity index (χ3v) is 6.17. The Morgan fingerprint density at radius 2 is 2.19 bits per heavy atom. The lowest BCUT2D eigenvalue weighted by Gasteiger charge is -2.28. The molecule has 2 saturated carbocycles. The first-order valence-corrected chi connectivity index (χ1v) is 9.07. The van der Waals surface area contributed by atoms with E-state index < -0.39 is 0 Å². The summed E-state index contributed by atoms with van der Waals surface area (Å²) in [6.07, 6.45) is 7.15. The fourth-order valence-corrected chi connectivity index (χ4v) is 4.97. The van der Waals surface area contributed by atoms with E-state index in [1.165, 1.54) is 42.1 Å². The van der Waals surface area contributed by atoms with E-state index in [0.717, 1.165) is 30.0 Å². The Hall–Kier alpha value is -0.540. The van der Waals surface area contributed by atoms with Crippen molar-refractivity contribution in [2.24, 2.45) is 17.8 Å². The van der Waals surface area contributed by atoms with Crippen molar-refractivity contribution in [1.82, 2.24) is 5.32 Å². The summed E-state index contributed by atoms with van der Waals surface area (Å²) in [6.45, 7) is 3.21. The zero-order chi connectivity index (χ0) is 14.8. The number of fused-ring (bicyclic) bond motifs is 2. The fraction of sp³-hybridized carbons (Fsp3) is 0.667. The SMILES string of the molecule is CCNC(CC1CC2CCC1C2)c1cc(OC)ccc1Br. The van der Waals surface area contributed by atoms with Crippen LogP contribution in [0.25, 0.3) is 0 Å². The number of hydrogen-bond acceptors (Lipinski definition) is 2. The van der Waals surface area contributed by atoms with Crippen molar-refractivity contribution in [3.63, 3.8) is 0 Å². The number of halogens is 1. The summed E-state index contributed by atoms with van der Waals surface area (Å²) >= 11 is 3.73. The van der Waals surface area contributed by atoms with Gasteiger partial charge in [-0.3, -0.25) is 0 Å². The zero-order valence-corrected chi connectivity index (χ0v) is 14.7. The molecular weight excluding hydrogens is 326 g/mol. The van der Waals surface area contributed by atoms with E-state index in [-0.39, 0.29) is 0 Å². The maximum Gasteiger partial charge on any atom is 0.119 e. The smallest absolute Gasteiger partial charge is 0.119 e. The molecule has 2 bridgehead atoms. The second-order valence-electron chi connectivity index (χ2n) is 6.67. The van der Waals surface area contributed by atoms with Crippen molar-refractivity contribution >= 4 is 15.9 Å². The fourth-order valence-electron chi connectivity index (χ4n) is 4.45. The standard InChI is InChI=1S/C18H26BrNO/c1-3-20-18(10-14-9-12-4-5-13(14)8-12)16-11-15(21-2)6-7-17(16)19/h6-7,11-14,18,20H,3-5,8-10H2,1-2H3. The van der Waals surface area contributed by atoms with Crippen LogP contribution in [0.3, 0.4) is 0 Å². The second kappa shape index (κ2) is 6.70. The van der Waals surface area contributed by atoms with Crippen LogP contribution < -0.4 is 10.1 Å². The van der Waals surface area contributed by atoms with Gasteiger partial charge in [0.2, 0.25) is 0 Å². The van der Waals surface area contributed by atoms with Crippen LogP contribution in [-0.2, 0) is 0 Å². The quantitative estimate of drug-likeness (QED) is 0.783. The van der Waals surface area contributed by atoms with Crippen LogP contribution in [0.2, 0.25) is 0 Å². The largest absolute Gasteiger partial charge is 0.497 e. The summed E-state index contributed by atoms with van der Waals surface area (Å²) in [6, 6.07) is 6.75. The highest BCUT2D eigenvalue weighted by Crippen LogP contribution is 2.51. The Balaban J connectivity index is 1.77. The van der Waals surface area contributed by atoms with Gasteiger partial charge in [-0.05, 0) is 73.7 Å². The van der Waals surface area contributed by atoms with Gasteiger partial charge >= 0.3 is 0 Å². The summed E-state index contributed by atoms with van der Waals surface area (Å²) in [4.78, 5) is 0. The lowest BCUT2D eigenvalue weighted by Crippen LogP contribution is -2.25. The highest BCUT2D eigenvalue weighted by atomic mass is 79.9. The maximum absolute atomic E-state index is 5.41. The first kappa shape index (κ1) is 15.4. The number of nitrogens with one attached hydrogen (secondary N) is 1. The molecule has 1 N–H and O–H groups in total. The minimum Gasteiger partial charge on any atom is -0.497 e. The molecule has 21 heavy (non-hydrogen) atoms. The monoisotopic (exact) mass is 351 g/mol. The maximum atomic E-state index is 5.41. The Kier molecular flexibility index (Phi) is 4.90. The third-order valence-electron chi connectivity index (χ3n) is 5.45. The lowest BCUT2D eigenvalue weighted by molar-refractivity contribution is 0.280. The van der Waals surface area contributed by atoms with E-state index in [0.29, 0.717) is 6.04 Å². The molecule has 0 amide bonds. The average molecular weight is 352 g/mol. The molecule has 1 aromatic rings. The van der Waals surface area contributed by atoms with Gasteiger partial charge in [-0.1, -0.05) is 29.3 Å². The minimum absolute atomic E-state index is 0.434. The molecular formula is C18H26BrNO. The summed E-state index contributed by atoms with van der Waals surface area (Å²) < 4.78 is 6.60. The molecule has 116 valence electrons. The molecule has 0 heterocycles. The summed E-state index contributed by atoms with van der Waals surface area (Å²) in [5.41, 5.74) is 1.35. The molecule has 1 aromatic carbocycles. The van der Waals surface area contributed by atoms with Gasteiger partial charge in [0.05, 0.1) is 7.11 Å². The van der Waals surface area contributed by atoms with Crippen molar-refractivity contribution in [2.75, 3.05) is 13.7 Å². The summed E-state index contributed by atoms with van der Waals surface area (Å²) in [5.74, 6) is 3.87. The number of rotatable bonds is 6. The van der Waals surface area contributed by atoms with Crippen molar-refractivity contribution in [1.29, 1.82) is 0 Å². The molecule has 0 saturated heterocycles. The molecule has 4 atom stereocenters. The van der Waals surface area contributed by atoms with Gasteiger partial charge in [-0.2, -0.15) is 0 Å². The normalized spacial score (nSPS) is 28.8. The van der Waals surface area contributed by atoms with Crippen LogP contribution in [0, 0.1) is 17.8 Å². The summed E-state index contributed by atoms with van der Waals surface area (Å²) in [7, 11) is 1.74. The van der Waals surface area contributed by atoms with E-state index in [1.54, 1.807) is 7.11 Å². The molecule has 3 heteroatoms. The van der Waals surface area contributed by atoms with E-state index in [2.05, 4.69) is 40.3 Å². The minimum atomic E-state index is 0.434. The average Bonchev–Trinajstić information content (AvgIpc) is 3.10. The highest BCUT2D eigenvalue weighted by molar-refractivity contribution is 9.10. The van der Waals surface area contributed by atoms with Crippen LogP contribution >= 0.6 is 15.9 Å². The Morgan fingerprint density at radius 1 is 1.33 bits per heavy atom. The molecule has 0 spiro atoms. The molecule has 3 rings (SSSR count). The predicted molar refractivity (Wildman–Crippen MR) is 90.7 cm³/mol. The first-order valence-electron chi connectivity index (χ1n) is 8.28. The van der Waals surface area contributed by atoms with Gasteiger partial charge in [0, 0.05) is 10.5 Å². The number of ether oxygens (including phenoxy) is 1. The van der Waals surface area contributed by atoms with Crippen LogP contribution in [0.4, 0.5) is 0 Å². The van der Waals surface area contributed by atoms with Gasteiger partial charge in [-0.15, -0.1) is 0 Å². The van der Waals surface area contributed by atoms with Crippen LogP contribution in [0.1, 0.15) is 50.6 Å². The van der Waals surface area contributed by atoms with Crippen molar-refractivity contribution in [3.8, 4) is 5.75 Å². The molecule has 2 nitrogen and oxygen atoms in total. The van der Waals surface area contributed by atoms with E-state index in [1.807, 2.05) is 6.07 Å². The van der Waals surface area contributed by atoms with E-state index >= 15 is 0 Å². The Morgan fingerprint density at radius 3 is 2.81 bits per heavy atom. The van der Waals surface area contributed by atoms with Gasteiger partial charge < -0.3 is 10.1 Å². The Labute approximate surface area is 136 Å². The lowest BCUT2D eigenvalue weighted by atomic mass is 9.82. The molecule has 2 aliphatic carbocycles. The zero-order valence-electron chi connectivity index (χ0n) is 13.1. The molecule has 4 unspecified atom stereocenters. The van der Waals surface area contributed by atoms with Crippen LogP contribution in [-0.4, -0.2) is 13.7 Å². The van der Waals surface area contributed by atoms with Gasteiger partial charge in [0.25, 0.3) is 0 Å².